The minimum absolute atomic E-state index is 0.0116. The smallest absolute Gasteiger partial charge is 0.330 e. The molecule has 0 aromatic carbocycles. The van der Waals surface area contributed by atoms with Crippen molar-refractivity contribution >= 4 is 0 Å². The van der Waals surface area contributed by atoms with E-state index in [-0.39, 0.29) is 19.0 Å². The van der Waals surface area contributed by atoms with Crippen molar-refractivity contribution in [3.8, 4) is 0 Å². The van der Waals surface area contributed by atoms with E-state index in [1.807, 2.05) is 13.8 Å². The highest BCUT2D eigenvalue weighted by atomic mass is 19.4. The lowest BCUT2D eigenvalue weighted by molar-refractivity contribution is -0.191. The first-order valence-electron chi connectivity index (χ1n) is 6.15. The Hall–Kier alpha value is -0.330. The normalized spacial score (nSPS) is 26.1. The summed E-state index contributed by atoms with van der Waals surface area (Å²) in [6.07, 6.45) is -4.18. The number of nitrogens with zero attached hydrogens (tertiary/aromatic N) is 2. The van der Waals surface area contributed by atoms with Gasteiger partial charge >= 0.3 is 6.18 Å². The zero-order valence-corrected chi connectivity index (χ0v) is 10.5. The fourth-order valence-electron chi connectivity index (χ4n) is 2.49. The van der Waals surface area contributed by atoms with Gasteiger partial charge in [0.1, 0.15) is 6.04 Å². The van der Waals surface area contributed by atoms with Crippen LogP contribution in [-0.4, -0.2) is 60.8 Å². The summed E-state index contributed by atoms with van der Waals surface area (Å²) in [6.45, 7) is 6.63. The average molecular weight is 253 g/mol. The maximum Gasteiger partial charge on any atom is 0.404 e. The van der Waals surface area contributed by atoms with E-state index in [0.29, 0.717) is 19.6 Å². The van der Waals surface area contributed by atoms with Gasteiger partial charge in [0.05, 0.1) is 0 Å². The second kappa shape index (κ2) is 6.02. The molecule has 0 bridgehead atoms. The summed E-state index contributed by atoms with van der Waals surface area (Å²) in [6, 6.07) is -1.20. The lowest BCUT2D eigenvalue weighted by Crippen LogP contribution is -2.58. The van der Waals surface area contributed by atoms with Crippen LogP contribution in [0.4, 0.5) is 13.2 Å². The molecule has 0 spiro atoms. The number of piperazine rings is 1. The molecule has 17 heavy (non-hydrogen) atoms. The number of hydrogen-bond acceptors (Lipinski definition) is 3. The number of halogens is 3. The van der Waals surface area contributed by atoms with E-state index < -0.39 is 12.2 Å². The second-order valence-corrected chi connectivity index (χ2v) is 4.61. The Kier molecular flexibility index (Phi) is 5.22. The van der Waals surface area contributed by atoms with Crippen molar-refractivity contribution in [3.63, 3.8) is 0 Å². The fourth-order valence-corrected chi connectivity index (χ4v) is 2.49. The first-order chi connectivity index (χ1) is 7.90. The molecular weight excluding hydrogens is 231 g/mol. The molecule has 0 aromatic rings. The first kappa shape index (κ1) is 14.7. The third-order valence-electron chi connectivity index (χ3n) is 3.46. The minimum Gasteiger partial charge on any atom is -0.330 e. The standard InChI is InChI=1S/C11H22F3N3/c1-3-16-6-7-17(8-9(16)2)10(4-5-15)11(12,13)14/h9-10H,3-8,15H2,1-2H3. The molecule has 6 heteroatoms. The molecule has 0 saturated carbocycles. The van der Waals surface area contributed by atoms with Crippen LogP contribution in [0, 0.1) is 0 Å². The zero-order chi connectivity index (χ0) is 13.1. The highest BCUT2D eigenvalue weighted by Crippen LogP contribution is 2.28. The Balaban J connectivity index is 2.65. The van der Waals surface area contributed by atoms with Gasteiger partial charge in [0, 0.05) is 25.7 Å². The summed E-state index contributed by atoms with van der Waals surface area (Å²) in [5.74, 6) is 0. The van der Waals surface area contributed by atoms with E-state index in [1.165, 1.54) is 4.90 Å². The average Bonchev–Trinajstić information content (AvgIpc) is 2.24. The monoisotopic (exact) mass is 253 g/mol. The van der Waals surface area contributed by atoms with Crippen LogP contribution in [-0.2, 0) is 0 Å². The molecule has 2 N–H and O–H groups in total. The molecule has 2 unspecified atom stereocenters. The minimum atomic E-state index is -4.17. The van der Waals surface area contributed by atoms with Crippen molar-refractivity contribution < 1.29 is 13.2 Å². The van der Waals surface area contributed by atoms with Gasteiger partial charge in [0.2, 0.25) is 0 Å². The van der Waals surface area contributed by atoms with E-state index in [0.717, 1.165) is 6.54 Å². The molecule has 1 heterocycles. The SMILES string of the molecule is CCN1CCN(C(CCN)C(F)(F)F)CC1C. The van der Waals surface area contributed by atoms with Gasteiger partial charge in [-0.25, -0.2) is 0 Å². The van der Waals surface area contributed by atoms with Crippen LogP contribution in [0.2, 0.25) is 0 Å². The molecule has 2 atom stereocenters. The van der Waals surface area contributed by atoms with Crippen LogP contribution < -0.4 is 5.73 Å². The molecule has 1 rings (SSSR count). The third kappa shape index (κ3) is 3.82. The number of nitrogens with two attached hydrogens (primary N) is 1. The van der Waals surface area contributed by atoms with E-state index >= 15 is 0 Å². The fraction of sp³-hybridized carbons (Fsp3) is 1.00. The summed E-state index contributed by atoms with van der Waals surface area (Å²) < 4.78 is 38.7. The van der Waals surface area contributed by atoms with Crippen molar-refractivity contribution in [3.05, 3.63) is 0 Å². The molecule has 1 aliphatic heterocycles. The Morgan fingerprint density at radius 2 is 2.00 bits per heavy atom. The summed E-state index contributed by atoms with van der Waals surface area (Å²) in [7, 11) is 0. The highest BCUT2D eigenvalue weighted by molar-refractivity contribution is 4.86. The van der Waals surface area contributed by atoms with Gasteiger partial charge in [-0.2, -0.15) is 13.2 Å². The summed E-state index contributed by atoms with van der Waals surface area (Å²) >= 11 is 0. The summed E-state index contributed by atoms with van der Waals surface area (Å²) in [5, 5.41) is 0. The predicted molar refractivity (Wildman–Crippen MR) is 61.8 cm³/mol. The van der Waals surface area contributed by atoms with Crippen LogP contribution in [0.25, 0.3) is 0 Å². The van der Waals surface area contributed by atoms with Crippen molar-refractivity contribution in [1.29, 1.82) is 0 Å². The second-order valence-electron chi connectivity index (χ2n) is 4.61. The lowest BCUT2D eigenvalue weighted by atomic mass is 10.1. The Labute approximate surface area is 101 Å². The maximum absolute atomic E-state index is 12.9. The van der Waals surface area contributed by atoms with Gasteiger partial charge in [-0.3, -0.25) is 9.80 Å². The van der Waals surface area contributed by atoms with Crippen LogP contribution in [0.5, 0.6) is 0 Å². The molecule has 1 aliphatic rings. The maximum atomic E-state index is 12.9. The molecule has 0 aliphatic carbocycles. The molecule has 0 radical (unpaired) electrons. The van der Waals surface area contributed by atoms with Crippen LogP contribution in [0.1, 0.15) is 20.3 Å². The Morgan fingerprint density at radius 1 is 1.35 bits per heavy atom. The van der Waals surface area contributed by atoms with E-state index in [4.69, 9.17) is 5.73 Å². The largest absolute Gasteiger partial charge is 0.404 e. The van der Waals surface area contributed by atoms with Gasteiger partial charge in [0.25, 0.3) is 0 Å². The van der Waals surface area contributed by atoms with E-state index in [1.54, 1.807) is 0 Å². The molecule has 1 fully saturated rings. The molecule has 0 aromatic heterocycles. The van der Waals surface area contributed by atoms with Crippen molar-refractivity contribution in [2.24, 2.45) is 5.73 Å². The molecular formula is C11H22F3N3. The number of hydrogen-bond donors (Lipinski definition) is 1. The first-order valence-corrected chi connectivity index (χ1v) is 6.15. The zero-order valence-electron chi connectivity index (χ0n) is 10.5. The predicted octanol–water partition coefficient (Wildman–Crippen LogP) is 1.29. The van der Waals surface area contributed by atoms with Crippen molar-refractivity contribution in [2.75, 3.05) is 32.7 Å². The lowest BCUT2D eigenvalue weighted by Gasteiger charge is -2.43. The van der Waals surface area contributed by atoms with Crippen LogP contribution in [0.3, 0.4) is 0 Å². The molecule has 102 valence electrons. The third-order valence-corrected chi connectivity index (χ3v) is 3.46. The Bertz CT molecular complexity index is 232. The Morgan fingerprint density at radius 3 is 2.41 bits per heavy atom. The van der Waals surface area contributed by atoms with E-state index in [9.17, 15) is 13.2 Å². The quantitative estimate of drug-likeness (QED) is 0.819. The van der Waals surface area contributed by atoms with Crippen LogP contribution in [0.15, 0.2) is 0 Å². The number of rotatable bonds is 4. The van der Waals surface area contributed by atoms with Gasteiger partial charge in [0.15, 0.2) is 0 Å². The topological polar surface area (TPSA) is 32.5 Å². The highest BCUT2D eigenvalue weighted by Gasteiger charge is 2.44. The van der Waals surface area contributed by atoms with Crippen molar-refractivity contribution in [1.82, 2.24) is 9.80 Å². The van der Waals surface area contributed by atoms with Gasteiger partial charge < -0.3 is 5.73 Å². The molecule has 1 saturated heterocycles. The van der Waals surface area contributed by atoms with Gasteiger partial charge in [-0.1, -0.05) is 6.92 Å². The number of likely N-dealkylation sites (N-methyl/N-ethyl adjacent to an activating group) is 1. The van der Waals surface area contributed by atoms with Gasteiger partial charge in [-0.15, -0.1) is 0 Å². The van der Waals surface area contributed by atoms with Crippen molar-refractivity contribution in [2.45, 2.75) is 38.5 Å². The van der Waals surface area contributed by atoms with Gasteiger partial charge in [-0.05, 0) is 26.4 Å². The molecule has 3 nitrogen and oxygen atoms in total. The number of alkyl halides is 3. The van der Waals surface area contributed by atoms with Crippen LogP contribution >= 0.6 is 0 Å². The summed E-state index contributed by atoms with van der Waals surface area (Å²) in [4.78, 5) is 3.73. The molecule has 0 amide bonds. The van der Waals surface area contributed by atoms with E-state index in [2.05, 4.69) is 4.90 Å². The summed E-state index contributed by atoms with van der Waals surface area (Å²) in [5.41, 5.74) is 5.28.